The first-order valence-corrected chi connectivity index (χ1v) is 8.78. The van der Waals surface area contributed by atoms with E-state index in [-0.39, 0.29) is 30.0 Å². The third-order valence-electron chi connectivity index (χ3n) is 4.93. The lowest BCUT2D eigenvalue weighted by Crippen LogP contribution is -2.55. The molecule has 1 fully saturated rings. The van der Waals surface area contributed by atoms with Crippen LogP contribution in [0.25, 0.3) is 0 Å². The fourth-order valence-corrected chi connectivity index (χ4v) is 2.73. The van der Waals surface area contributed by atoms with E-state index in [2.05, 4.69) is 11.4 Å². The summed E-state index contributed by atoms with van der Waals surface area (Å²) in [4.78, 5) is 28.4. The highest BCUT2D eigenvalue weighted by Crippen LogP contribution is 2.16. The van der Waals surface area contributed by atoms with Crippen molar-refractivity contribution < 1.29 is 14.7 Å². The van der Waals surface area contributed by atoms with Crippen LogP contribution >= 0.6 is 0 Å². The quantitative estimate of drug-likeness (QED) is 0.824. The minimum Gasteiger partial charge on any atom is -0.508 e. The molecule has 0 aliphatic carbocycles. The molecule has 2 N–H and O–H groups in total. The lowest BCUT2D eigenvalue weighted by molar-refractivity contribution is -0.124. The Kier molecular flexibility index (Phi) is 6.22. The Hall–Kier alpha value is -2.59. The van der Waals surface area contributed by atoms with E-state index in [4.69, 9.17) is 0 Å². The molecule has 1 aromatic rings. The van der Waals surface area contributed by atoms with Gasteiger partial charge in [0.1, 0.15) is 11.3 Å². The number of nitriles is 1. The second-order valence-electron chi connectivity index (χ2n) is 7.13. The van der Waals surface area contributed by atoms with Gasteiger partial charge in [-0.15, -0.1) is 0 Å². The summed E-state index contributed by atoms with van der Waals surface area (Å²) in [5, 5.41) is 21.4. The van der Waals surface area contributed by atoms with E-state index in [9.17, 15) is 20.0 Å². The molecule has 0 saturated carbocycles. The summed E-state index contributed by atoms with van der Waals surface area (Å²) >= 11 is 0. The number of phenols is 1. The van der Waals surface area contributed by atoms with Crippen LogP contribution in [-0.4, -0.2) is 65.0 Å². The largest absolute Gasteiger partial charge is 0.508 e. The Labute approximate surface area is 154 Å². The molecule has 1 heterocycles. The highest BCUT2D eigenvalue weighted by Gasteiger charge is 2.31. The maximum Gasteiger partial charge on any atom is 0.253 e. The molecule has 1 aliphatic heterocycles. The lowest BCUT2D eigenvalue weighted by Gasteiger charge is -2.35. The number of hydrogen-bond acceptors (Lipinski definition) is 5. The molecule has 7 nitrogen and oxygen atoms in total. The van der Waals surface area contributed by atoms with Gasteiger partial charge in [0, 0.05) is 31.7 Å². The average Bonchev–Trinajstić information content (AvgIpc) is 2.62. The van der Waals surface area contributed by atoms with Crippen LogP contribution in [0, 0.1) is 17.2 Å². The topological polar surface area (TPSA) is 96.7 Å². The molecule has 0 aromatic heterocycles. The van der Waals surface area contributed by atoms with Crippen LogP contribution in [0.2, 0.25) is 0 Å². The second kappa shape index (κ2) is 8.19. The first-order valence-electron chi connectivity index (χ1n) is 8.78. The molecular formula is C19H26N4O3. The fraction of sp³-hybridized carbons (Fsp3) is 0.526. The van der Waals surface area contributed by atoms with Crippen molar-refractivity contribution in [3.05, 3.63) is 29.8 Å². The van der Waals surface area contributed by atoms with E-state index in [0.29, 0.717) is 31.7 Å². The molecule has 1 aromatic carbocycles. The summed E-state index contributed by atoms with van der Waals surface area (Å²) in [6, 6.07) is 8.37. The average molecular weight is 358 g/mol. The molecule has 26 heavy (non-hydrogen) atoms. The van der Waals surface area contributed by atoms with Gasteiger partial charge in [0.15, 0.2) is 0 Å². The zero-order valence-electron chi connectivity index (χ0n) is 15.5. The highest BCUT2D eigenvalue weighted by atomic mass is 16.3. The molecule has 1 unspecified atom stereocenters. The van der Waals surface area contributed by atoms with Crippen LogP contribution in [0.15, 0.2) is 24.3 Å². The van der Waals surface area contributed by atoms with Crippen LogP contribution in [0.3, 0.4) is 0 Å². The van der Waals surface area contributed by atoms with Gasteiger partial charge in [-0.2, -0.15) is 5.26 Å². The summed E-state index contributed by atoms with van der Waals surface area (Å²) in [5.41, 5.74) is -0.344. The van der Waals surface area contributed by atoms with E-state index in [1.165, 1.54) is 12.1 Å². The number of carbonyl (C=O) groups is 2. The van der Waals surface area contributed by atoms with Crippen LogP contribution in [0.4, 0.5) is 0 Å². The third kappa shape index (κ3) is 4.73. The number of piperazine rings is 1. The van der Waals surface area contributed by atoms with E-state index in [1.54, 1.807) is 24.0 Å². The molecule has 0 radical (unpaired) electrons. The predicted octanol–water partition coefficient (Wildman–Crippen LogP) is 1.20. The normalized spacial score (nSPS) is 17.4. The standard InChI is InChI=1S/C19H26N4O3/c1-14(2)19(3,13-20)21-17(25)12-22-8-10-23(11-9-22)18(26)15-4-6-16(24)7-5-15/h4-7,14,24H,8-12H2,1-3H3,(H,21,25). The van der Waals surface area contributed by atoms with Crippen LogP contribution in [0.1, 0.15) is 31.1 Å². The third-order valence-corrected chi connectivity index (χ3v) is 4.93. The Morgan fingerprint density at radius 1 is 1.23 bits per heavy atom. The van der Waals surface area contributed by atoms with Gasteiger partial charge in [-0.25, -0.2) is 0 Å². The number of phenolic OH excluding ortho intramolecular Hbond substituents is 1. The fourth-order valence-electron chi connectivity index (χ4n) is 2.73. The van der Waals surface area contributed by atoms with Gasteiger partial charge in [-0.1, -0.05) is 13.8 Å². The zero-order chi connectivity index (χ0) is 19.3. The van der Waals surface area contributed by atoms with Gasteiger partial charge in [0.2, 0.25) is 5.91 Å². The summed E-state index contributed by atoms with van der Waals surface area (Å²) in [5.74, 6) is -0.119. The summed E-state index contributed by atoms with van der Waals surface area (Å²) < 4.78 is 0. The Bertz CT molecular complexity index is 688. The van der Waals surface area contributed by atoms with Gasteiger partial charge in [0.25, 0.3) is 5.91 Å². The van der Waals surface area contributed by atoms with Gasteiger partial charge < -0.3 is 15.3 Å². The van der Waals surface area contributed by atoms with Crippen LogP contribution in [0.5, 0.6) is 5.75 Å². The number of hydrogen-bond donors (Lipinski definition) is 2. The molecular weight excluding hydrogens is 332 g/mol. The number of rotatable bonds is 5. The molecule has 140 valence electrons. The number of benzene rings is 1. The van der Waals surface area contributed by atoms with Crippen molar-refractivity contribution in [2.45, 2.75) is 26.3 Å². The molecule has 2 amide bonds. The Balaban J connectivity index is 1.85. The lowest BCUT2D eigenvalue weighted by atomic mass is 9.90. The Morgan fingerprint density at radius 3 is 2.31 bits per heavy atom. The van der Waals surface area contributed by atoms with Crippen molar-refractivity contribution in [2.24, 2.45) is 5.92 Å². The first kappa shape index (κ1) is 19.7. The Morgan fingerprint density at radius 2 is 1.81 bits per heavy atom. The molecule has 1 atom stereocenters. The first-order chi connectivity index (χ1) is 12.2. The van der Waals surface area contributed by atoms with Crippen LogP contribution in [-0.2, 0) is 4.79 Å². The number of nitrogens with one attached hydrogen (secondary N) is 1. The second-order valence-corrected chi connectivity index (χ2v) is 7.13. The van der Waals surface area contributed by atoms with E-state index in [0.717, 1.165) is 0 Å². The van der Waals surface area contributed by atoms with Crippen molar-refractivity contribution in [2.75, 3.05) is 32.7 Å². The molecule has 1 aliphatic rings. The monoisotopic (exact) mass is 358 g/mol. The molecule has 7 heteroatoms. The molecule has 0 bridgehead atoms. The van der Waals surface area contributed by atoms with Crippen LogP contribution < -0.4 is 5.32 Å². The summed E-state index contributed by atoms with van der Waals surface area (Å²) in [6.07, 6.45) is 0. The maximum absolute atomic E-state index is 12.5. The summed E-state index contributed by atoms with van der Waals surface area (Å²) in [6.45, 7) is 8.01. The number of amides is 2. The van der Waals surface area contributed by atoms with Gasteiger partial charge in [0.05, 0.1) is 12.6 Å². The van der Waals surface area contributed by atoms with Gasteiger partial charge in [-0.05, 0) is 37.1 Å². The highest BCUT2D eigenvalue weighted by molar-refractivity contribution is 5.94. The van der Waals surface area contributed by atoms with Crippen molar-refractivity contribution in [1.82, 2.24) is 15.1 Å². The van der Waals surface area contributed by atoms with Gasteiger partial charge >= 0.3 is 0 Å². The minimum atomic E-state index is -0.881. The minimum absolute atomic E-state index is 0.0104. The van der Waals surface area contributed by atoms with Crippen molar-refractivity contribution in [3.8, 4) is 11.8 Å². The molecule has 2 rings (SSSR count). The molecule has 0 spiro atoms. The van der Waals surface area contributed by atoms with Crippen molar-refractivity contribution >= 4 is 11.8 Å². The number of aromatic hydroxyl groups is 1. The number of carbonyl (C=O) groups excluding carboxylic acids is 2. The van der Waals surface area contributed by atoms with E-state index in [1.807, 2.05) is 18.7 Å². The zero-order valence-corrected chi connectivity index (χ0v) is 15.5. The molecule has 1 saturated heterocycles. The number of nitrogens with zero attached hydrogens (tertiary/aromatic N) is 3. The van der Waals surface area contributed by atoms with Gasteiger partial charge in [-0.3, -0.25) is 14.5 Å². The maximum atomic E-state index is 12.5. The predicted molar refractivity (Wildman–Crippen MR) is 97.4 cm³/mol. The summed E-state index contributed by atoms with van der Waals surface area (Å²) in [7, 11) is 0. The SMILES string of the molecule is CC(C)C(C)(C#N)NC(=O)CN1CCN(C(=O)c2ccc(O)cc2)CC1. The van der Waals surface area contributed by atoms with E-state index < -0.39 is 5.54 Å². The van der Waals surface area contributed by atoms with Crippen molar-refractivity contribution in [1.29, 1.82) is 5.26 Å². The van der Waals surface area contributed by atoms with E-state index >= 15 is 0 Å². The van der Waals surface area contributed by atoms with Crippen molar-refractivity contribution in [3.63, 3.8) is 0 Å². The smallest absolute Gasteiger partial charge is 0.253 e.